The van der Waals surface area contributed by atoms with Crippen LogP contribution in [-0.4, -0.2) is 39.9 Å². The zero-order valence-electron chi connectivity index (χ0n) is 14.6. The van der Waals surface area contributed by atoms with Gasteiger partial charge in [-0.15, -0.1) is 0 Å². The van der Waals surface area contributed by atoms with E-state index in [-0.39, 0.29) is 29.0 Å². The molecule has 2 aromatic rings. The normalized spacial score (nSPS) is 11.9. The van der Waals surface area contributed by atoms with Crippen molar-refractivity contribution >= 4 is 17.3 Å². The van der Waals surface area contributed by atoms with Crippen molar-refractivity contribution in [2.75, 3.05) is 18.5 Å². The van der Waals surface area contributed by atoms with Gasteiger partial charge in [0.2, 0.25) is 0 Å². The number of hydrogen-bond donors (Lipinski definition) is 4. The first kappa shape index (κ1) is 19.6. The highest BCUT2D eigenvalue weighted by atomic mass is 19.1. The lowest BCUT2D eigenvalue weighted by atomic mass is 10.1. The van der Waals surface area contributed by atoms with E-state index in [0.717, 1.165) is 5.56 Å². The lowest BCUT2D eigenvalue weighted by Crippen LogP contribution is -2.35. The predicted octanol–water partition coefficient (Wildman–Crippen LogP) is 0.913. The Kier molecular flexibility index (Phi) is 6.48. The summed E-state index contributed by atoms with van der Waals surface area (Å²) in [6.07, 6.45) is 0.912. The number of anilines is 2. The average Bonchev–Trinajstić information content (AvgIpc) is 2.63. The number of carbonyl (C=O) groups is 1. The summed E-state index contributed by atoms with van der Waals surface area (Å²) in [5.41, 5.74) is 0.848. The molecule has 7 nitrogen and oxygen atoms in total. The van der Waals surface area contributed by atoms with Crippen molar-refractivity contribution in [2.45, 2.75) is 19.4 Å². The first-order chi connectivity index (χ1) is 12.3. The fraction of sp³-hybridized carbons (Fsp3) is 0.333. The summed E-state index contributed by atoms with van der Waals surface area (Å²) in [6, 6.07) is 5.89. The van der Waals surface area contributed by atoms with E-state index in [2.05, 4.69) is 10.6 Å². The summed E-state index contributed by atoms with van der Waals surface area (Å²) in [7, 11) is 1.49. The van der Waals surface area contributed by atoms with Gasteiger partial charge in [0.25, 0.3) is 11.5 Å². The number of aryl methyl sites for hydroxylation is 2. The van der Waals surface area contributed by atoms with Gasteiger partial charge in [0.15, 0.2) is 0 Å². The van der Waals surface area contributed by atoms with Crippen LogP contribution in [0.15, 0.2) is 35.3 Å². The fourth-order valence-electron chi connectivity index (χ4n) is 2.31. The molecule has 0 aliphatic heterocycles. The zero-order valence-corrected chi connectivity index (χ0v) is 14.6. The Hall–Kier alpha value is -2.71. The van der Waals surface area contributed by atoms with Gasteiger partial charge in [-0.1, -0.05) is 13.0 Å². The molecule has 8 heteroatoms. The van der Waals surface area contributed by atoms with Crippen molar-refractivity contribution in [1.29, 1.82) is 0 Å². The Balaban J connectivity index is 2.34. The molecule has 1 aromatic heterocycles. The molecule has 2 rings (SSSR count). The molecule has 0 saturated heterocycles. The Bertz CT molecular complexity index is 851. The number of aromatic nitrogens is 1. The van der Waals surface area contributed by atoms with Crippen LogP contribution in [-0.2, 0) is 13.5 Å². The second-order valence-corrected chi connectivity index (χ2v) is 5.89. The minimum absolute atomic E-state index is 0.108. The largest absolute Gasteiger partial charge is 0.394 e. The Morgan fingerprint density at radius 3 is 2.65 bits per heavy atom. The molecule has 0 radical (unpaired) electrons. The van der Waals surface area contributed by atoms with Gasteiger partial charge in [-0.25, -0.2) is 4.39 Å². The highest BCUT2D eigenvalue weighted by molar-refractivity contribution is 6.00. The highest BCUT2D eigenvalue weighted by Gasteiger charge is 2.16. The van der Waals surface area contributed by atoms with Crippen LogP contribution in [0.1, 0.15) is 22.8 Å². The molecule has 0 spiro atoms. The number of amides is 1. The predicted molar refractivity (Wildman–Crippen MR) is 96.2 cm³/mol. The van der Waals surface area contributed by atoms with E-state index in [4.69, 9.17) is 5.11 Å². The smallest absolute Gasteiger partial charge is 0.254 e. The topological polar surface area (TPSA) is 104 Å². The molecule has 0 fully saturated rings. The number of hydrogen-bond acceptors (Lipinski definition) is 5. The third kappa shape index (κ3) is 4.68. The molecule has 0 bridgehead atoms. The van der Waals surface area contributed by atoms with Crippen LogP contribution < -0.4 is 16.2 Å². The summed E-state index contributed by atoms with van der Waals surface area (Å²) in [6.45, 7) is 1.26. The second kappa shape index (κ2) is 8.59. The van der Waals surface area contributed by atoms with Gasteiger partial charge in [-0.2, -0.15) is 0 Å². The zero-order chi connectivity index (χ0) is 19.3. The Morgan fingerprint density at radius 1 is 1.31 bits per heavy atom. The van der Waals surface area contributed by atoms with Gasteiger partial charge in [0, 0.05) is 25.9 Å². The average molecular weight is 363 g/mol. The number of aliphatic hydroxyl groups is 2. The molecule has 26 heavy (non-hydrogen) atoms. The van der Waals surface area contributed by atoms with Crippen LogP contribution in [0.4, 0.5) is 15.8 Å². The molecule has 1 unspecified atom stereocenters. The van der Waals surface area contributed by atoms with Crippen LogP contribution in [0.25, 0.3) is 0 Å². The van der Waals surface area contributed by atoms with E-state index < -0.39 is 24.4 Å². The van der Waals surface area contributed by atoms with E-state index in [1.165, 1.54) is 29.9 Å². The minimum Gasteiger partial charge on any atom is -0.394 e. The number of aliphatic hydroxyl groups excluding tert-OH is 2. The lowest BCUT2D eigenvalue weighted by molar-refractivity contribution is 0.0802. The molecule has 1 amide bonds. The number of nitrogens with zero attached hydrogens (tertiary/aromatic N) is 1. The molecule has 4 N–H and O–H groups in total. The SMILES string of the molecule is CCc1ccc(Nc2cc(=O)n(C)cc2C(=O)NCC(O)CO)c(F)c1. The molecule has 1 atom stereocenters. The monoisotopic (exact) mass is 363 g/mol. The van der Waals surface area contributed by atoms with Crippen molar-refractivity contribution < 1.29 is 19.4 Å². The standard InChI is InChI=1S/C18H22FN3O4/c1-3-11-4-5-15(14(19)6-11)21-16-7-17(25)22(2)9-13(16)18(26)20-8-12(24)10-23/h4-7,9,12,21,23-24H,3,8,10H2,1-2H3,(H,20,26). The van der Waals surface area contributed by atoms with Crippen molar-refractivity contribution in [3.05, 3.63) is 57.8 Å². The van der Waals surface area contributed by atoms with Crippen LogP contribution in [0.2, 0.25) is 0 Å². The van der Waals surface area contributed by atoms with Crippen molar-refractivity contribution in [3.63, 3.8) is 0 Å². The van der Waals surface area contributed by atoms with Gasteiger partial charge in [0.05, 0.1) is 29.6 Å². The van der Waals surface area contributed by atoms with Crippen LogP contribution in [0.3, 0.4) is 0 Å². The van der Waals surface area contributed by atoms with Crippen molar-refractivity contribution in [3.8, 4) is 0 Å². The van der Waals surface area contributed by atoms with Crippen LogP contribution in [0.5, 0.6) is 0 Å². The van der Waals surface area contributed by atoms with E-state index in [0.29, 0.717) is 6.42 Å². The Morgan fingerprint density at radius 2 is 2.04 bits per heavy atom. The molecular weight excluding hydrogens is 341 g/mol. The molecule has 0 aliphatic carbocycles. The maximum atomic E-state index is 14.2. The number of halogens is 1. The van der Waals surface area contributed by atoms with Crippen molar-refractivity contribution in [2.24, 2.45) is 7.05 Å². The lowest BCUT2D eigenvalue weighted by Gasteiger charge is -2.15. The molecular formula is C18H22FN3O4. The number of pyridine rings is 1. The third-order valence-electron chi connectivity index (χ3n) is 3.89. The number of nitrogens with one attached hydrogen (secondary N) is 2. The molecule has 140 valence electrons. The van der Waals surface area contributed by atoms with E-state index >= 15 is 0 Å². The summed E-state index contributed by atoms with van der Waals surface area (Å²) >= 11 is 0. The van der Waals surface area contributed by atoms with Gasteiger partial charge in [-0.3, -0.25) is 9.59 Å². The first-order valence-electron chi connectivity index (χ1n) is 8.19. The number of rotatable bonds is 7. The molecule has 0 saturated carbocycles. The van der Waals surface area contributed by atoms with E-state index in [1.54, 1.807) is 12.1 Å². The number of carbonyl (C=O) groups excluding carboxylic acids is 1. The van der Waals surface area contributed by atoms with Gasteiger partial charge in [-0.05, 0) is 24.1 Å². The second-order valence-electron chi connectivity index (χ2n) is 5.89. The minimum atomic E-state index is -1.10. The summed E-state index contributed by atoms with van der Waals surface area (Å²) in [4.78, 5) is 24.3. The maximum Gasteiger partial charge on any atom is 0.254 e. The van der Waals surface area contributed by atoms with E-state index in [1.807, 2.05) is 6.92 Å². The third-order valence-corrected chi connectivity index (χ3v) is 3.89. The Labute approximate surface area is 150 Å². The van der Waals surface area contributed by atoms with Gasteiger partial charge < -0.3 is 25.4 Å². The molecule has 1 aromatic carbocycles. The fourth-order valence-corrected chi connectivity index (χ4v) is 2.31. The van der Waals surface area contributed by atoms with Gasteiger partial charge in [0.1, 0.15) is 5.82 Å². The number of benzene rings is 1. The van der Waals surface area contributed by atoms with Crippen LogP contribution >= 0.6 is 0 Å². The maximum absolute atomic E-state index is 14.2. The van der Waals surface area contributed by atoms with Gasteiger partial charge >= 0.3 is 0 Å². The summed E-state index contributed by atoms with van der Waals surface area (Å²) in [5, 5.41) is 23.4. The summed E-state index contributed by atoms with van der Waals surface area (Å²) in [5.74, 6) is -1.06. The van der Waals surface area contributed by atoms with E-state index in [9.17, 15) is 19.1 Å². The molecule has 0 aliphatic rings. The van der Waals surface area contributed by atoms with Crippen molar-refractivity contribution in [1.82, 2.24) is 9.88 Å². The molecule has 1 heterocycles. The van der Waals surface area contributed by atoms with Crippen LogP contribution in [0, 0.1) is 5.82 Å². The first-order valence-corrected chi connectivity index (χ1v) is 8.19. The summed E-state index contributed by atoms with van der Waals surface area (Å²) < 4.78 is 15.4. The quantitative estimate of drug-likeness (QED) is 0.586. The highest BCUT2D eigenvalue weighted by Crippen LogP contribution is 2.23.